The topological polar surface area (TPSA) is 71.0 Å². The van der Waals surface area contributed by atoms with Gasteiger partial charge in [-0.1, -0.05) is 0 Å². The Bertz CT molecular complexity index is 1040. The summed E-state index contributed by atoms with van der Waals surface area (Å²) in [7, 11) is 4.28. The molecule has 1 N–H and O–H groups in total. The molecule has 1 fully saturated rings. The number of ketones is 1. The van der Waals surface area contributed by atoms with E-state index < -0.39 is 0 Å². The van der Waals surface area contributed by atoms with Crippen molar-refractivity contribution >= 4 is 59.7 Å². The Morgan fingerprint density at radius 3 is 2.30 bits per heavy atom. The van der Waals surface area contributed by atoms with Gasteiger partial charge in [0.1, 0.15) is 5.52 Å². The lowest BCUT2D eigenvalue weighted by molar-refractivity contribution is 0.101. The summed E-state index contributed by atoms with van der Waals surface area (Å²) >= 11 is 0. The van der Waals surface area contributed by atoms with Crippen LogP contribution in [0.2, 0.25) is 0 Å². The van der Waals surface area contributed by atoms with E-state index in [0.717, 1.165) is 53.3 Å². The molecule has 1 saturated carbocycles. The summed E-state index contributed by atoms with van der Waals surface area (Å²) in [5.41, 5.74) is 4.83. The molecule has 0 saturated heterocycles. The van der Waals surface area contributed by atoms with Crippen molar-refractivity contribution in [3.05, 3.63) is 48.4 Å². The van der Waals surface area contributed by atoms with E-state index in [0.29, 0.717) is 11.6 Å². The zero-order valence-electron chi connectivity index (χ0n) is 19.2. The highest BCUT2D eigenvalue weighted by atomic mass is 35.5. The summed E-state index contributed by atoms with van der Waals surface area (Å²) in [5.74, 6) is 0.750. The highest BCUT2D eigenvalue weighted by Crippen LogP contribution is 2.32. The number of fused-ring (bicyclic) bond motifs is 1. The number of Topliss-reactive ketones (excluding diaryl/α,β-unsaturated/α-hetero) is 1. The fraction of sp³-hybridized carbons (Fsp3) is 0.417. The largest absolute Gasteiger partial charge is 0.380 e. The number of halogens is 3. The number of rotatable bonds is 6. The molecular formula is C24H32Cl3N5O. The Labute approximate surface area is 214 Å². The van der Waals surface area contributed by atoms with E-state index in [1.165, 1.54) is 12.8 Å². The Morgan fingerprint density at radius 1 is 1.03 bits per heavy atom. The fourth-order valence-electron chi connectivity index (χ4n) is 4.37. The second-order valence-corrected chi connectivity index (χ2v) is 8.53. The third kappa shape index (κ3) is 7.00. The van der Waals surface area contributed by atoms with Crippen molar-refractivity contribution in [3.8, 4) is 11.3 Å². The maximum atomic E-state index is 12.4. The quantitative estimate of drug-likeness (QED) is 0.428. The van der Waals surface area contributed by atoms with Gasteiger partial charge in [-0.3, -0.25) is 14.8 Å². The van der Waals surface area contributed by atoms with Gasteiger partial charge < -0.3 is 10.2 Å². The van der Waals surface area contributed by atoms with Gasteiger partial charge in [0.25, 0.3) is 0 Å². The van der Waals surface area contributed by atoms with E-state index in [9.17, 15) is 4.79 Å². The van der Waals surface area contributed by atoms with Gasteiger partial charge in [0.05, 0.1) is 22.5 Å². The normalized spacial score (nSPS) is 17.5. The first-order valence-corrected chi connectivity index (χ1v) is 10.6. The molecule has 1 aliphatic carbocycles. The molecule has 0 radical (unpaired) electrons. The molecule has 4 rings (SSSR count). The lowest BCUT2D eigenvalue weighted by Gasteiger charge is -2.31. The van der Waals surface area contributed by atoms with E-state index in [1.807, 2.05) is 24.3 Å². The van der Waals surface area contributed by atoms with Crippen LogP contribution in [0, 0.1) is 5.92 Å². The lowest BCUT2D eigenvalue weighted by Crippen LogP contribution is -2.31. The van der Waals surface area contributed by atoms with E-state index in [2.05, 4.69) is 34.3 Å². The molecule has 33 heavy (non-hydrogen) atoms. The average molecular weight is 513 g/mol. The minimum absolute atomic E-state index is 0. The number of hydrogen-bond acceptors (Lipinski definition) is 6. The SMILES string of the molecule is CC(=O)c1cnc2ccc(-c3ccncc3)nc2c1NC1CCC(CN(C)C)CC1.Cl.Cl.Cl. The number of aromatic nitrogens is 3. The third-order valence-corrected chi connectivity index (χ3v) is 5.89. The van der Waals surface area contributed by atoms with Crippen LogP contribution < -0.4 is 5.32 Å². The van der Waals surface area contributed by atoms with Crippen molar-refractivity contribution in [1.29, 1.82) is 0 Å². The zero-order valence-corrected chi connectivity index (χ0v) is 21.6. The molecule has 0 amide bonds. The summed E-state index contributed by atoms with van der Waals surface area (Å²) in [6.45, 7) is 2.73. The van der Waals surface area contributed by atoms with Gasteiger partial charge in [0, 0.05) is 36.7 Å². The smallest absolute Gasteiger partial charge is 0.163 e. The first-order chi connectivity index (χ1) is 14.5. The molecule has 0 spiro atoms. The lowest BCUT2D eigenvalue weighted by atomic mass is 9.85. The van der Waals surface area contributed by atoms with Crippen molar-refractivity contribution in [2.45, 2.75) is 38.6 Å². The number of hydrogen-bond donors (Lipinski definition) is 1. The molecule has 0 aliphatic heterocycles. The minimum atomic E-state index is 0. The van der Waals surface area contributed by atoms with Gasteiger partial charge in [0.15, 0.2) is 5.78 Å². The van der Waals surface area contributed by atoms with Crippen LogP contribution >= 0.6 is 37.2 Å². The van der Waals surface area contributed by atoms with Crippen molar-refractivity contribution in [1.82, 2.24) is 19.9 Å². The van der Waals surface area contributed by atoms with E-state index in [-0.39, 0.29) is 43.0 Å². The molecule has 180 valence electrons. The Balaban J connectivity index is 0.00000181. The fourth-order valence-corrected chi connectivity index (χ4v) is 4.37. The molecule has 1 aliphatic rings. The summed E-state index contributed by atoms with van der Waals surface area (Å²) < 4.78 is 0. The predicted molar refractivity (Wildman–Crippen MR) is 142 cm³/mol. The molecule has 0 atom stereocenters. The number of anilines is 1. The summed E-state index contributed by atoms with van der Waals surface area (Å²) in [6, 6.07) is 8.17. The van der Waals surface area contributed by atoms with Crippen LogP contribution in [0.5, 0.6) is 0 Å². The second kappa shape index (κ2) is 13.0. The maximum Gasteiger partial charge on any atom is 0.163 e. The first kappa shape index (κ1) is 29.0. The van der Waals surface area contributed by atoms with Gasteiger partial charge >= 0.3 is 0 Å². The van der Waals surface area contributed by atoms with Gasteiger partial charge in [-0.25, -0.2) is 4.98 Å². The van der Waals surface area contributed by atoms with Crippen LogP contribution in [-0.4, -0.2) is 52.3 Å². The van der Waals surface area contributed by atoms with Gasteiger partial charge in [-0.2, -0.15) is 0 Å². The highest BCUT2D eigenvalue weighted by Gasteiger charge is 2.24. The second-order valence-electron chi connectivity index (χ2n) is 8.53. The van der Waals surface area contributed by atoms with E-state index in [4.69, 9.17) is 4.98 Å². The van der Waals surface area contributed by atoms with Crippen LogP contribution in [0.3, 0.4) is 0 Å². The van der Waals surface area contributed by atoms with E-state index in [1.54, 1.807) is 25.5 Å². The monoisotopic (exact) mass is 511 g/mol. The number of carbonyl (C=O) groups excluding carboxylic acids is 1. The standard InChI is InChI=1S/C24H29N5O.3ClH/c1-16(30)20-14-26-22-9-8-21(18-10-12-25-13-11-18)28-24(22)23(20)27-19-6-4-17(5-7-19)15-29(2)3;;;/h8-14,17,19H,4-7,15H2,1-3H3,(H,26,27);3*1H. The van der Waals surface area contributed by atoms with Gasteiger partial charge in [-0.05, 0) is 76.9 Å². The van der Waals surface area contributed by atoms with Crippen LogP contribution in [0.1, 0.15) is 43.0 Å². The molecule has 3 heterocycles. The molecule has 0 bridgehead atoms. The highest BCUT2D eigenvalue weighted by molar-refractivity contribution is 6.06. The van der Waals surface area contributed by atoms with Crippen LogP contribution in [0.15, 0.2) is 42.9 Å². The molecule has 0 unspecified atom stereocenters. The van der Waals surface area contributed by atoms with E-state index >= 15 is 0 Å². The van der Waals surface area contributed by atoms with Crippen molar-refractivity contribution < 1.29 is 4.79 Å². The van der Waals surface area contributed by atoms with Gasteiger partial charge in [0.2, 0.25) is 0 Å². The van der Waals surface area contributed by atoms with Crippen LogP contribution in [-0.2, 0) is 0 Å². The van der Waals surface area contributed by atoms with Crippen molar-refractivity contribution in [2.24, 2.45) is 5.92 Å². The molecule has 9 heteroatoms. The van der Waals surface area contributed by atoms with Crippen LogP contribution in [0.4, 0.5) is 5.69 Å². The zero-order chi connectivity index (χ0) is 21.1. The molecule has 3 aromatic rings. The molecule has 3 aromatic heterocycles. The predicted octanol–water partition coefficient (Wildman–Crippen LogP) is 5.69. The van der Waals surface area contributed by atoms with Gasteiger partial charge in [-0.15, -0.1) is 37.2 Å². The summed E-state index contributed by atoms with van der Waals surface area (Å²) in [5, 5.41) is 3.68. The Kier molecular flexibility index (Phi) is 11.5. The Morgan fingerprint density at radius 2 is 1.70 bits per heavy atom. The molecular weight excluding hydrogens is 481 g/mol. The van der Waals surface area contributed by atoms with Crippen molar-refractivity contribution in [3.63, 3.8) is 0 Å². The number of carbonyl (C=O) groups is 1. The maximum absolute atomic E-state index is 12.4. The third-order valence-electron chi connectivity index (χ3n) is 5.89. The molecule has 0 aromatic carbocycles. The molecule has 6 nitrogen and oxygen atoms in total. The summed E-state index contributed by atoms with van der Waals surface area (Å²) in [4.78, 5) is 28.1. The van der Waals surface area contributed by atoms with Crippen LogP contribution in [0.25, 0.3) is 22.3 Å². The summed E-state index contributed by atoms with van der Waals surface area (Å²) in [6.07, 6.45) is 9.80. The first-order valence-electron chi connectivity index (χ1n) is 10.6. The number of pyridine rings is 3. The number of nitrogens with zero attached hydrogens (tertiary/aromatic N) is 4. The Hall–Kier alpha value is -1.99. The average Bonchev–Trinajstić information content (AvgIpc) is 2.75. The number of nitrogens with one attached hydrogen (secondary N) is 1. The van der Waals surface area contributed by atoms with Crippen molar-refractivity contribution in [2.75, 3.05) is 26.0 Å². The minimum Gasteiger partial charge on any atom is -0.380 e.